The predicted octanol–water partition coefficient (Wildman–Crippen LogP) is 3.41. The molecule has 1 amide bonds. The van der Waals surface area contributed by atoms with E-state index in [0.29, 0.717) is 17.7 Å². The van der Waals surface area contributed by atoms with Crippen LogP contribution in [0.25, 0.3) is 0 Å². The topological polar surface area (TPSA) is 59.2 Å². The van der Waals surface area contributed by atoms with Crippen molar-refractivity contribution < 1.29 is 9.32 Å². The minimum atomic E-state index is 0.00535. The first kappa shape index (κ1) is 14.2. The maximum atomic E-state index is 13.0. The third-order valence-electron chi connectivity index (χ3n) is 5.55. The van der Waals surface area contributed by atoms with E-state index in [-0.39, 0.29) is 17.9 Å². The molecule has 2 aromatic rings. The van der Waals surface area contributed by atoms with Crippen LogP contribution in [0.3, 0.4) is 0 Å². The molecule has 0 bridgehead atoms. The lowest BCUT2D eigenvalue weighted by Gasteiger charge is -2.22. The van der Waals surface area contributed by atoms with Crippen LogP contribution >= 0.6 is 0 Å². The number of rotatable bonds is 4. The van der Waals surface area contributed by atoms with Crippen LogP contribution in [0.4, 0.5) is 0 Å². The van der Waals surface area contributed by atoms with Gasteiger partial charge in [0.2, 0.25) is 11.8 Å². The van der Waals surface area contributed by atoms with Crippen LogP contribution in [0.2, 0.25) is 0 Å². The first-order chi connectivity index (χ1) is 11.8. The van der Waals surface area contributed by atoms with E-state index in [2.05, 4.69) is 22.3 Å². The Hall–Kier alpha value is -2.17. The van der Waals surface area contributed by atoms with Gasteiger partial charge in [-0.3, -0.25) is 4.79 Å². The summed E-state index contributed by atoms with van der Waals surface area (Å²) in [4.78, 5) is 19.5. The number of benzene rings is 1. The van der Waals surface area contributed by atoms with E-state index >= 15 is 0 Å². The molecule has 24 heavy (non-hydrogen) atoms. The molecule has 0 unspecified atom stereocenters. The summed E-state index contributed by atoms with van der Waals surface area (Å²) in [5.41, 5.74) is 1.28. The molecule has 1 saturated heterocycles. The Labute approximate surface area is 141 Å². The van der Waals surface area contributed by atoms with Crippen molar-refractivity contribution in [3.05, 3.63) is 47.6 Å². The number of carbonyl (C=O) groups is 1. The van der Waals surface area contributed by atoms with Crippen molar-refractivity contribution in [1.82, 2.24) is 15.0 Å². The minimum Gasteiger partial charge on any atom is -0.339 e. The van der Waals surface area contributed by atoms with Crippen molar-refractivity contribution in [2.75, 3.05) is 6.54 Å². The average molecular weight is 323 g/mol. The quantitative estimate of drug-likeness (QED) is 0.865. The Morgan fingerprint density at radius 2 is 2.00 bits per heavy atom. The molecular weight excluding hydrogens is 302 g/mol. The largest absolute Gasteiger partial charge is 0.339 e. The Morgan fingerprint density at radius 3 is 2.79 bits per heavy atom. The van der Waals surface area contributed by atoms with Crippen LogP contribution in [0, 0.1) is 5.92 Å². The van der Waals surface area contributed by atoms with Crippen molar-refractivity contribution in [2.24, 2.45) is 5.92 Å². The zero-order valence-electron chi connectivity index (χ0n) is 13.6. The highest BCUT2D eigenvalue weighted by atomic mass is 16.5. The Kier molecular flexibility index (Phi) is 3.21. The van der Waals surface area contributed by atoms with E-state index in [1.54, 1.807) is 0 Å². The van der Waals surface area contributed by atoms with E-state index in [1.165, 1.54) is 5.56 Å². The SMILES string of the molecule is O=C([C@@H]1C[C@H]1c1ccccc1)N1CCC[C@H]1c1noc(C2CC2)n1. The number of nitrogens with zero attached hydrogens (tertiary/aromatic N) is 3. The van der Waals surface area contributed by atoms with Gasteiger partial charge in [0, 0.05) is 18.4 Å². The highest BCUT2D eigenvalue weighted by Gasteiger charge is 2.48. The molecule has 1 aliphatic heterocycles. The van der Waals surface area contributed by atoms with Gasteiger partial charge in [-0.25, -0.2) is 0 Å². The van der Waals surface area contributed by atoms with E-state index in [9.17, 15) is 4.79 Å². The molecule has 2 saturated carbocycles. The minimum absolute atomic E-state index is 0.00535. The summed E-state index contributed by atoms with van der Waals surface area (Å²) in [6, 6.07) is 10.4. The van der Waals surface area contributed by atoms with Gasteiger partial charge in [-0.05, 0) is 43.6 Å². The summed E-state index contributed by atoms with van der Waals surface area (Å²) in [5, 5.41) is 4.17. The van der Waals surface area contributed by atoms with Crippen molar-refractivity contribution in [2.45, 2.75) is 50.0 Å². The summed E-state index contributed by atoms with van der Waals surface area (Å²) in [5.74, 6) is 2.71. The van der Waals surface area contributed by atoms with Crippen molar-refractivity contribution in [3.8, 4) is 0 Å². The maximum absolute atomic E-state index is 13.0. The van der Waals surface area contributed by atoms with Crippen LogP contribution in [-0.4, -0.2) is 27.5 Å². The molecule has 1 aromatic heterocycles. The summed E-state index contributed by atoms with van der Waals surface area (Å²) in [7, 11) is 0. The molecule has 1 aromatic carbocycles. The molecule has 5 rings (SSSR count). The second kappa shape index (κ2) is 5.43. The van der Waals surface area contributed by atoms with Gasteiger partial charge in [-0.2, -0.15) is 4.98 Å². The highest BCUT2D eigenvalue weighted by molar-refractivity contribution is 5.83. The maximum Gasteiger partial charge on any atom is 0.229 e. The molecule has 3 aliphatic rings. The van der Waals surface area contributed by atoms with Crippen molar-refractivity contribution in [1.29, 1.82) is 0 Å². The molecule has 0 N–H and O–H groups in total. The molecule has 0 radical (unpaired) electrons. The smallest absolute Gasteiger partial charge is 0.229 e. The molecular formula is C19H21N3O2. The highest BCUT2D eigenvalue weighted by Crippen LogP contribution is 2.50. The van der Waals surface area contributed by atoms with E-state index < -0.39 is 0 Å². The van der Waals surface area contributed by atoms with Gasteiger partial charge >= 0.3 is 0 Å². The molecule has 5 heteroatoms. The second-order valence-electron chi connectivity index (χ2n) is 7.31. The van der Waals surface area contributed by atoms with E-state index in [1.807, 2.05) is 23.1 Å². The number of carbonyl (C=O) groups excluding carboxylic acids is 1. The summed E-state index contributed by atoms with van der Waals surface area (Å²) in [6.45, 7) is 0.814. The van der Waals surface area contributed by atoms with Crippen LogP contribution in [-0.2, 0) is 4.79 Å². The molecule has 3 fully saturated rings. The lowest BCUT2D eigenvalue weighted by atomic mass is 10.1. The zero-order chi connectivity index (χ0) is 16.1. The Morgan fingerprint density at radius 1 is 1.17 bits per heavy atom. The van der Waals surface area contributed by atoms with Gasteiger partial charge in [-0.15, -0.1) is 0 Å². The van der Waals surface area contributed by atoms with Gasteiger partial charge in [0.05, 0.1) is 6.04 Å². The van der Waals surface area contributed by atoms with Gasteiger partial charge in [0.1, 0.15) is 0 Å². The monoisotopic (exact) mass is 323 g/mol. The summed E-state index contributed by atoms with van der Waals surface area (Å²) >= 11 is 0. The molecule has 124 valence electrons. The fourth-order valence-electron chi connectivity index (χ4n) is 3.93. The number of hydrogen-bond donors (Lipinski definition) is 0. The first-order valence-corrected chi connectivity index (χ1v) is 9.00. The fourth-order valence-corrected chi connectivity index (χ4v) is 3.93. The first-order valence-electron chi connectivity index (χ1n) is 9.00. The molecule has 0 spiro atoms. The normalized spacial score (nSPS) is 29.0. The standard InChI is InChI=1S/C19H21N3O2/c23-19(15-11-14(15)12-5-2-1-3-6-12)22-10-4-7-16(22)17-20-18(24-21-17)13-8-9-13/h1-3,5-6,13-16H,4,7-11H2/t14-,15+,16-/m0/s1. The molecule has 3 atom stereocenters. The third kappa shape index (κ3) is 2.43. The number of aromatic nitrogens is 2. The van der Waals surface area contributed by atoms with Crippen LogP contribution in [0.1, 0.15) is 67.3 Å². The summed E-state index contributed by atoms with van der Waals surface area (Å²) in [6.07, 6.45) is 5.22. The van der Waals surface area contributed by atoms with Crippen LogP contribution in [0.5, 0.6) is 0 Å². The van der Waals surface area contributed by atoms with Gasteiger partial charge in [-0.1, -0.05) is 35.5 Å². The second-order valence-corrected chi connectivity index (χ2v) is 7.31. The number of likely N-dealkylation sites (tertiary alicyclic amines) is 1. The average Bonchev–Trinajstić information content (AvgIpc) is 3.52. The lowest BCUT2D eigenvalue weighted by molar-refractivity contribution is -0.133. The van der Waals surface area contributed by atoms with Crippen LogP contribution in [0.15, 0.2) is 34.9 Å². The zero-order valence-corrected chi connectivity index (χ0v) is 13.6. The molecule has 5 nitrogen and oxygen atoms in total. The van der Waals surface area contributed by atoms with Gasteiger partial charge in [0.25, 0.3) is 0 Å². The number of amides is 1. The molecule has 2 heterocycles. The van der Waals surface area contributed by atoms with Crippen molar-refractivity contribution in [3.63, 3.8) is 0 Å². The summed E-state index contributed by atoms with van der Waals surface area (Å²) < 4.78 is 5.40. The Bertz CT molecular complexity index is 753. The third-order valence-corrected chi connectivity index (χ3v) is 5.55. The van der Waals surface area contributed by atoms with Crippen molar-refractivity contribution >= 4 is 5.91 Å². The van der Waals surface area contributed by atoms with Crippen LogP contribution < -0.4 is 0 Å². The van der Waals surface area contributed by atoms with E-state index in [0.717, 1.165) is 44.5 Å². The van der Waals surface area contributed by atoms with E-state index in [4.69, 9.17) is 4.52 Å². The van der Waals surface area contributed by atoms with Gasteiger partial charge < -0.3 is 9.42 Å². The number of hydrogen-bond acceptors (Lipinski definition) is 4. The fraction of sp³-hybridized carbons (Fsp3) is 0.526. The van der Waals surface area contributed by atoms with Gasteiger partial charge in [0.15, 0.2) is 5.82 Å². The predicted molar refractivity (Wildman–Crippen MR) is 87.3 cm³/mol. The Balaban J connectivity index is 1.31. The lowest BCUT2D eigenvalue weighted by Crippen LogP contribution is -2.32. The molecule has 2 aliphatic carbocycles.